The van der Waals surface area contributed by atoms with Crippen LogP contribution < -0.4 is 5.32 Å². The lowest BCUT2D eigenvalue weighted by Gasteiger charge is -2.19. The lowest BCUT2D eigenvalue weighted by Crippen LogP contribution is -2.24. The van der Waals surface area contributed by atoms with Gasteiger partial charge in [0, 0.05) is 18.4 Å². The van der Waals surface area contributed by atoms with E-state index >= 15 is 0 Å². The molecule has 19 heavy (non-hydrogen) atoms. The van der Waals surface area contributed by atoms with E-state index in [4.69, 9.17) is 0 Å². The van der Waals surface area contributed by atoms with Gasteiger partial charge in [-0.15, -0.1) is 0 Å². The van der Waals surface area contributed by atoms with Gasteiger partial charge in [-0.25, -0.2) is 0 Å². The first kappa shape index (κ1) is 13.8. The van der Waals surface area contributed by atoms with Gasteiger partial charge in [-0.1, -0.05) is 42.8 Å². The van der Waals surface area contributed by atoms with Crippen LogP contribution in [0.15, 0.2) is 48.8 Å². The maximum atomic E-state index is 4.20. The Hall–Kier alpha value is -1.67. The van der Waals surface area contributed by atoms with Gasteiger partial charge < -0.3 is 5.32 Å². The number of pyridine rings is 1. The molecular weight excluding hydrogens is 232 g/mol. The van der Waals surface area contributed by atoms with Gasteiger partial charge in [-0.3, -0.25) is 4.98 Å². The first-order valence-electron chi connectivity index (χ1n) is 6.98. The maximum Gasteiger partial charge on any atom is 0.0361 e. The van der Waals surface area contributed by atoms with Crippen molar-refractivity contribution in [3.05, 3.63) is 65.5 Å². The van der Waals surface area contributed by atoms with Crippen molar-refractivity contribution in [1.82, 2.24) is 10.3 Å². The van der Waals surface area contributed by atoms with Crippen LogP contribution in [0, 0.1) is 6.92 Å². The van der Waals surface area contributed by atoms with Crippen molar-refractivity contribution in [2.75, 3.05) is 6.54 Å². The van der Waals surface area contributed by atoms with Gasteiger partial charge in [0.2, 0.25) is 0 Å². The highest BCUT2D eigenvalue weighted by Gasteiger charge is 2.11. The number of nitrogens with one attached hydrogen (secondary N) is 1. The maximum absolute atomic E-state index is 4.20. The number of hydrogen-bond acceptors (Lipinski definition) is 2. The Morgan fingerprint density at radius 2 is 2.11 bits per heavy atom. The molecule has 0 aliphatic rings. The molecule has 1 unspecified atom stereocenters. The number of aromatic nitrogens is 1. The number of nitrogens with zero attached hydrogens (tertiary/aromatic N) is 1. The molecule has 2 rings (SSSR count). The van der Waals surface area contributed by atoms with Crippen LogP contribution in [0.3, 0.4) is 0 Å². The number of hydrogen-bond donors (Lipinski definition) is 1. The normalized spacial score (nSPS) is 12.3. The minimum Gasteiger partial charge on any atom is -0.310 e. The summed E-state index contributed by atoms with van der Waals surface area (Å²) in [5.41, 5.74) is 3.95. The molecule has 0 saturated heterocycles. The summed E-state index contributed by atoms with van der Waals surface area (Å²) in [5, 5.41) is 3.63. The Morgan fingerprint density at radius 1 is 1.21 bits per heavy atom. The van der Waals surface area contributed by atoms with Gasteiger partial charge in [-0.05, 0) is 43.5 Å². The number of aryl methyl sites for hydroxylation is 1. The van der Waals surface area contributed by atoms with Crippen molar-refractivity contribution >= 4 is 0 Å². The number of benzene rings is 1. The highest BCUT2D eigenvalue weighted by atomic mass is 14.9. The van der Waals surface area contributed by atoms with E-state index in [0.717, 1.165) is 19.4 Å². The Balaban J connectivity index is 2.16. The fourth-order valence-corrected chi connectivity index (χ4v) is 2.27. The zero-order valence-electron chi connectivity index (χ0n) is 11.8. The zero-order chi connectivity index (χ0) is 13.5. The fraction of sp³-hybridized carbons (Fsp3) is 0.353. The quantitative estimate of drug-likeness (QED) is 0.850. The minimum atomic E-state index is 0.365. The second-order valence-electron chi connectivity index (χ2n) is 4.99. The van der Waals surface area contributed by atoms with E-state index in [0.29, 0.717) is 6.04 Å². The van der Waals surface area contributed by atoms with Crippen LogP contribution in [0.25, 0.3) is 0 Å². The Morgan fingerprint density at radius 3 is 2.79 bits per heavy atom. The van der Waals surface area contributed by atoms with Crippen molar-refractivity contribution in [3.8, 4) is 0 Å². The third-order valence-electron chi connectivity index (χ3n) is 3.25. The van der Waals surface area contributed by atoms with Gasteiger partial charge in [-0.2, -0.15) is 0 Å². The predicted molar refractivity (Wildman–Crippen MR) is 80.2 cm³/mol. The molecule has 2 nitrogen and oxygen atoms in total. The van der Waals surface area contributed by atoms with E-state index in [-0.39, 0.29) is 0 Å². The average Bonchev–Trinajstić information content (AvgIpc) is 2.44. The van der Waals surface area contributed by atoms with Crippen LogP contribution in [0.4, 0.5) is 0 Å². The highest BCUT2D eigenvalue weighted by molar-refractivity contribution is 5.27. The first-order chi connectivity index (χ1) is 9.29. The molecule has 2 aromatic rings. The van der Waals surface area contributed by atoms with Crippen molar-refractivity contribution < 1.29 is 0 Å². The predicted octanol–water partition coefficient (Wildman–Crippen LogP) is 3.67. The third kappa shape index (κ3) is 4.18. The molecule has 0 fully saturated rings. The summed E-state index contributed by atoms with van der Waals surface area (Å²) in [4.78, 5) is 4.20. The summed E-state index contributed by atoms with van der Waals surface area (Å²) in [6, 6.07) is 13.3. The van der Waals surface area contributed by atoms with E-state index < -0.39 is 0 Å². The van der Waals surface area contributed by atoms with Crippen LogP contribution in [0.5, 0.6) is 0 Å². The molecule has 1 heterocycles. The molecule has 1 N–H and O–H groups in total. The molecule has 0 spiro atoms. The van der Waals surface area contributed by atoms with Crippen molar-refractivity contribution in [2.45, 2.75) is 32.7 Å². The lowest BCUT2D eigenvalue weighted by molar-refractivity contribution is 0.528. The van der Waals surface area contributed by atoms with E-state index in [1.807, 2.05) is 18.5 Å². The summed E-state index contributed by atoms with van der Waals surface area (Å²) in [6.45, 7) is 5.38. The summed E-state index contributed by atoms with van der Waals surface area (Å²) < 4.78 is 0. The lowest BCUT2D eigenvalue weighted by atomic mass is 9.98. The molecule has 0 aliphatic carbocycles. The smallest absolute Gasteiger partial charge is 0.0361 e. The standard InChI is InChI=1S/C17H22N2/c1-3-9-19-17(12-15-7-5-10-18-13-15)16-8-4-6-14(2)11-16/h4-8,10-11,13,17,19H,3,9,12H2,1-2H3. The van der Waals surface area contributed by atoms with E-state index in [1.165, 1.54) is 16.7 Å². The van der Waals surface area contributed by atoms with E-state index in [2.05, 4.69) is 54.5 Å². The molecule has 0 saturated carbocycles. The average molecular weight is 254 g/mol. The Bertz CT molecular complexity index is 494. The largest absolute Gasteiger partial charge is 0.310 e. The third-order valence-corrected chi connectivity index (χ3v) is 3.25. The van der Waals surface area contributed by atoms with Crippen LogP contribution in [0.1, 0.15) is 36.1 Å². The molecule has 1 atom stereocenters. The van der Waals surface area contributed by atoms with Crippen molar-refractivity contribution in [1.29, 1.82) is 0 Å². The van der Waals surface area contributed by atoms with Crippen LogP contribution >= 0.6 is 0 Å². The molecule has 0 amide bonds. The van der Waals surface area contributed by atoms with Crippen LogP contribution in [-0.4, -0.2) is 11.5 Å². The topological polar surface area (TPSA) is 24.9 Å². The minimum absolute atomic E-state index is 0.365. The van der Waals surface area contributed by atoms with Crippen molar-refractivity contribution in [2.24, 2.45) is 0 Å². The molecule has 2 heteroatoms. The molecule has 1 aromatic heterocycles. The van der Waals surface area contributed by atoms with Gasteiger partial charge in [0.1, 0.15) is 0 Å². The van der Waals surface area contributed by atoms with E-state index in [1.54, 1.807) is 0 Å². The summed E-state index contributed by atoms with van der Waals surface area (Å²) in [5.74, 6) is 0. The van der Waals surface area contributed by atoms with Gasteiger partial charge in [0.05, 0.1) is 0 Å². The molecule has 1 aromatic carbocycles. The van der Waals surface area contributed by atoms with Crippen LogP contribution in [-0.2, 0) is 6.42 Å². The summed E-state index contributed by atoms with van der Waals surface area (Å²) in [7, 11) is 0. The van der Waals surface area contributed by atoms with Gasteiger partial charge in [0.25, 0.3) is 0 Å². The van der Waals surface area contributed by atoms with Crippen LogP contribution in [0.2, 0.25) is 0 Å². The Kier molecular flexibility index (Phi) is 5.10. The second kappa shape index (κ2) is 7.05. The molecule has 100 valence electrons. The second-order valence-corrected chi connectivity index (χ2v) is 4.99. The first-order valence-corrected chi connectivity index (χ1v) is 6.98. The molecule has 0 aliphatic heterocycles. The van der Waals surface area contributed by atoms with Gasteiger partial charge >= 0.3 is 0 Å². The summed E-state index contributed by atoms with van der Waals surface area (Å²) >= 11 is 0. The zero-order valence-corrected chi connectivity index (χ0v) is 11.8. The fourth-order valence-electron chi connectivity index (χ4n) is 2.27. The summed E-state index contributed by atoms with van der Waals surface area (Å²) in [6.07, 6.45) is 5.91. The monoisotopic (exact) mass is 254 g/mol. The van der Waals surface area contributed by atoms with Crippen molar-refractivity contribution in [3.63, 3.8) is 0 Å². The SMILES string of the molecule is CCCNC(Cc1cccnc1)c1cccc(C)c1. The molecular formula is C17H22N2. The van der Waals surface area contributed by atoms with Gasteiger partial charge in [0.15, 0.2) is 0 Å². The molecule has 0 bridgehead atoms. The highest BCUT2D eigenvalue weighted by Crippen LogP contribution is 2.19. The molecule has 0 radical (unpaired) electrons. The van der Waals surface area contributed by atoms with E-state index in [9.17, 15) is 0 Å². The number of rotatable bonds is 6. The Labute approximate surface area is 115 Å².